The first-order valence-corrected chi connectivity index (χ1v) is 7.43. The number of carbonyl (C=O) groups is 1. The van der Waals surface area contributed by atoms with Gasteiger partial charge >= 0.3 is 0 Å². The standard InChI is InChI=1S/C16H20N4O3/c1-4-22-14-8-13(19-10-20-14)15(21)18-9-12-6-5-7-17-16(12)23-11(2)3/h5-8,10-11H,4,9H2,1-3H3,(H,18,21). The molecule has 0 aliphatic rings. The van der Waals surface area contributed by atoms with Gasteiger partial charge in [-0.15, -0.1) is 0 Å². The molecule has 23 heavy (non-hydrogen) atoms. The molecule has 1 N–H and O–H groups in total. The van der Waals surface area contributed by atoms with E-state index < -0.39 is 0 Å². The van der Waals surface area contributed by atoms with Gasteiger partial charge in [0.15, 0.2) is 0 Å². The monoisotopic (exact) mass is 316 g/mol. The molecule has 0 spiro atoms. The van der Waals surface area contributed by atoms with Crippen molar-refractivity contribution in [3.8, 4) is 11.8 Å². The van der Waals surface area contributed by atoms with Crippen LogP contribution in [0.5, 0.6) is 11.8 Å². The van der Waals surface area contributed by atoms with Gasteiger partial charge in [0.05, 0.1) is 12.7 Å². The molecule has 0 saturated carbocycles. The molecule has 122 valence electrons. The maximum Gasteiger partial charge on any atom is 0.270 e. The number of ether oxygens (including phenoxy) is 2. The normalized spacial score (nSPS) is 10.4. The second-order valence-corrected chi connectivity index (χ2v) is 4.99. The second-order valence-electron chi connectivity index (χ2n) is 4.99. The third kappa shape index (κ3) is 4.91. The maximum atomic E-state index is 12.2. The number of hydrogen-bond acceptors (Lipinski definition) is 6. The number of nitrogens with one attached hydrogen (secondary N) is 1. The first-order chi connectivity index (χ1) is 11.1. The Bertz CT molecular complexity index is 661. The van der Waals surface area contributed by atoms with E-state index >= 15 is 0 Å². The molecule has 0 atom stereocenters. The SMILES string of the molecule is CCOc1cc(C(=O)NCc2cccnc2OC(C)C)ncn1. The van der Waals surface area contributed by atoms with Gasteiger partial charge in [-0.05, 0) is 26.8 Å². The topological polar surface area (TPSA) is 86.2 Å². The van der Waals surface area contributed by atoms with Crippen molar-refractivity contribution in [1.82, 2.24) is 20.3 Å². The zero-order chi connectivity index (χ0) is 16.7. The van der Waals surface area contributed by atoms with Crippen LogP contribution >= 0.6 is 0 Å². The molecule has 7 nitrogen and oxygen atoms in total. The minimum Gasteiger partial charge on any atom is -0.478 e. The predicted molar refractivity (Wildman–Crippen MR) is 84.4 cm³/mol. The zero-order valence-electron chi connectivity index (χ0n) is 13.4. The lowest BCUT2D eigenvalue weighted by atomic mass is 10.2. The second kappa shape index (κ2) is 8.07. The van der Waals surface area contributed by atoms with Crippen molar-refractivity contribution in [2.24, 2.45) is 0 Å². The molecule has 2 rings (SSSR count). The van der Waals surface area contributed by atoms with Crippen LogP contribution in [0.1, 0.15) is 36.8 Å². The lowest BCUT2D eigenvalue weighted by Gasteiger charge is -2.13. The molecule has 0 aliphatic heterocycles. The molecule has 1 amide bonds. The molecular weight excluding hydrogens is 296 g/mol. The van der Waals surface area contributed by atoms with Crippen molar-refractivity contribution in [1.29, 1.82) is 0 Å². The van der Waals surface area contributed by atoms with Gasteiger partial charge < -0.3 is 14.8 Å². The van der Waals surface area contributed by atoms with Crippen molar-refractivity contribution < 1.29 is 14.3 Å². The van der Waals surface area contributed by atoms with E-state index in [0.29, 0.717) is 24.9 Å². The van der Waals surface area contributed by atoms with Crippen molar-refractivity contribution in [2.45, 2.75) is 33.4 Å². The number of rotatable bonds is 7. The first kappa shape index (κ1) is 16.7. The summed E-state index contributed by atoms with van der Waals surface area (Å²) in [7, 11) is 0. The largest absolute Gasteiger partial charge is 0.478 e. The zero-order valence-corrected chi connectivity index (χ0v) is 13.4. The number of amides is 1. The number of carbonyl (C=O) groups excluding carboxylic acids is 1. The highest BCUT2D eigenvalue weighted by Crippen LogP contribution is 2.16. The van der Waals surface area contributed by atoms with E-state index in [9.17, 15) is 4.79 Å². The quantitative estimate of drug-likeness (QED) is 0.840. The number of hydrogen-bond donors (Lipinski definition) is 1. The smallest absolute Gasteiger partial charge is 0.270 e. The van der Waals surface area contributed by atoms with E-state index in [-0.39, 0.29) is 17.7 Å². The van der Waals surface area contributed by atoms with Gasteiger partial charge in [0, 0.05) is 24.4 Å². The van der Waals surface area contributed by atoms with Gasteiger partial charge in [0.25, 0.3) is 5.91 Å². The van der Waals surface area contributed by atoms with Gasteiger partial charge in [-0.25, -0.2) is 15.0 Å². The van der Waals surface area contributed by atoms with Crippen LogP contribution in [0.25, 0.3) is 0 Å². The van der Waals surface area contributed by atoms with Gasteiger partial charge in [0.2, 0.25) is 11.8 Å². The number of nitrogens with zero attached hydrogens (tertiary/aromatic N) is 3. The molecule has 0 aliphatic carbocycles. The Hall–Kier alpha value is -2.70. The van der Waals surface area contributed by atoms with Crippen LogP contribution in [0.15, 0.2) is 30.7 Å². The predicted octanol–water partition coefficient (Wildman–Crippen LogP) is 1.99. The molecule has 0 aromatic carbocycles. The van der Waals surface area contributed by atoms with E-state index in [1.807, 2.05) is 26.8 Å². The molecule has 2 aromatic rings. The van der Waals surface area contributed by atoms with Crippen molar-refractivity contribution in [3.05, 3.63) is 42.0 Å². The van der Waals surface area contributed by atoms with Crippen LogP contribution in [0.3, 0.4) is 0 Å². The van der Waals surface area contributed by atoms with E-state index in [4.69, 9.17) is 9.47 Å². The highest BCUT2D eigenvalue weighted by Gasteiger charge is 2.12. The van der Waals surface area contributed by atoms with Crippen LogP contribution in [0.4, 0.5) is 0 Å². The molecule has 2 heterocycles. The number of pyridine rings is 1. The lowest BCUT2D eigenvalue weighted by molar-refractivity contribution is 0.0944. The Morgan fingerprint density at radius 2 is 2.13 bits per heavy atom. The fourth-order valence-electron chi connectivity index (χ4n) is 1.84. The molecule has 2 aromatic heterocycles. The summed E-state index contributed by atoms with van der Waals surface area (Å²) in [6, 6.07) is 5.16. The van der Waals surface area contributed by atoms with Crippen LogP contribution in [0, 0.1) is 0 Å². The Balaban J connectivity index is 2.03. The summed E-state index contributed by atoms with van der Waals surface area (Å²) >= 11 is 0. The minimum absolute atomic E-state index is 0.00923. The summed E-state index contributed by atoms with van der Waals surface area (Å²) in [5.74, 6) is 0.575. The minimum atomic E-state index is -0.312. The van der Waals surface area contributed by atoms with Crippen molar-refractivity contribution in [2.75, 3.05) is 6.61 Å². The molecule has 0 unspecified atom stereocenters. The van der Waals surface area contributed by atoms with E-state index in [0.717, 1.165) is 5.56 Å². The van der Waals surface area contributed by atoms with Crippen LogP contribution in [0.2, 0.25) is 0 Å². The molecule has 0 saturated heterocycles. The maximum absolute atomic E-state index is 12.2. The molecule has 0 radical (unpaired) electrons. The summed E-state index contributed by atoms with van der Waals surface area (Å²) in [6.07, 6.45) is 2.97. The van der Waals surface area contributed by atoms with Crippen LogP contribution in [-0.4, -0.2) is 33.6 Å². The highest BCUT2D eigenvalue weighted by atomic mass is 16.5. The van der Waals surface area contributed by atoms with Gasteiger partial charge in [-0.2, -0.15) is 0 Å². The number of aromatic nitrogens is 3. The fraction of sp³-hybridized carbons (Fsp3) is 0.375. The summed E-state index contributed by atoms with van der Waals surface area (Å²) in [4.78, 5) is 24.3. The molecule has 0 fully saturated rings. The Kier molecular flexibility index (Phi) is 5.85. The third-order valence-electron chi connectivity index (χ3n) is 2.80. The highest BCUT2D eigenvalue weighted by molar-refractivity contribution is 5.92. The molecule has 7 heteroatoms. The summed E-state index contributed by atoms with van der Waals surface area (Å²) in [6.45, 7) is 6.47. The van der Waals surface area contributed by atoms with Crippen molar-refractivity contribution >= 4 is 5.91 Å². The van der Waals surface area contributed by atoms with Gasteiger partial charge in [-0.1, -0.05) is 6.07 Å². The summed E-state index contributed by atoms with van der Waals surface area (Å²) in [5.41, 5.74) is 1.05. The van der Waals surface area contributed by atoms with Crippen LogP contribution < -0.4 is 14.8 Å². The first-order valence-electron chi connectivity index (χ1n) is 7.43. The summed E-state index contributed by atoms with van der Waals surface area (Å²) < 4.78 is 10.9. The Labute approximate surface area is 135 Å². The van der Waals surface area contributed by atoms with E-state index in [2.05, 4.69) is 20.3 Å². The van der Waals surface area contributed by atoms with Crippen molar-refractivity contribution in [3.63, 3.8) is 0 Å². The average molecular weight is 316 g/mol. The average Bonchev–Trinajstić information content (AvgIpc) is 2.54. The van der Waals surface area contributed by atoms with Gasteiger partial charge in [-0.3, -0.25) is 4.79 Å². The fourth-order valence-corrected chi connectivity index (χ4v) is 1.84. The Morgan fingerprint density at radius 3 is 2.87 bits per heavy atom. The summed E-state index contributed by atoms with van der Waals surface area (Å²) in [5, 5.41) is 2.79. The lowest BCUT2D eigenvalue weighted by Crippen LogP contribution is -2.24. The van der Waals surface area contributed by atoms with E-state index in [1.165, 1.54) is 12.4 Å². The molecular formula is C16H20N4O3. The Morgan fingerprint density at radius 1 is 1.30 bits per heavy atom. The molecule has 0 bridgehead atoms. The van der Waals surface area contributed by atoms with E-state index in [1.54, 1.807) is 12.3 Å². The third-order valence-corrected chi connectivity index (χ3v) is 2.80. The van der Waals surface area contributed by atoms with Crippen LogP contribution in [-0.2, 0) is 6.54 Å². The van der Waals surface area contributed by atoms with Gasteiger partial charge in [0.1, 0.15) is 12.0 Å².